The van der Waals surface area contributed by atoms with Gasteiger partial charge in [0.15, 0.2) is 0 Å². The lowest BCUT2D eigenvalue weighted by atomic mass is 10.2. The molecule has 27 heavy (non-hydrogen) atoms. The van der Waals surface area contributed by atoms with E-state index in [-0.39, 0.29) is 43.5 Å². The number of ether oxygens (including phenoxy) is 1. The predicted octanol–water partition coefficient (Wildman–Crippen LogP) is 0.785. The minimum Gasteiger partial charge on any atom is -0.481 e. The highest BCUT2D eigenvalue weighted by Crippen LogP contribution is 2.24. The van der Waals surface area contributed by atoms with Gasteiger partial charge < -0.3 is 14.7 Å². The fourth-order valence-corrected chi connectivity index (χ4v) is 4.30. The van der Waals surface area contributed by atoms with Crippen molar-refractivity contribution in [3.8, 4) is 17.6 Å². The average molecular weight is 394 g/mol. The van der Waals surface area contributed by atoms with Gasteiger partial charge in [0, 0.05) is 26.1 Å². The molecule has 1 amide bonds. The van der Waals surface area contributed by atoms with Crippen LogP contribution < -0.4 is 4.74 Å². The van der Waals surface area contributed by atoms with E-state index in [4.69, 9.17) is 4.74 Å². The quantitative estimate of drug-likeness (QED) is 0.715. The third kappa shape index (κ3) is 4.78. The summed E-state index contributed by atoms with van der Waals surface area (Å²) in [5.41, 5.74) is 0. The van der Waals surface area contributed by atoms with Crippen LogP contribution >= 0.6 is 0 Å². The molecule has 1 aliphatic heterocycles. The van der Waals surface area contributed by atoms with Gasteiger partial charge in [-0.15, -0.1) is 5.92 Å². The minimum absolute atomic E-state index is 0.0297. The van der Waals surface area contributed by atoms with Gasteiger partial charge in [0.05, 0.1) is 4.90 Å². The number of carbonyl (C=O) groups excluding carboxylic acids is 1. The summed E-state index contributed by atoms with van der Waals surface area (Å²) in [5.74, 6) is 4.40. The molecule has 0 aliphatic carbocycles. The van der Waals surface area contributed by atoms with Crippen LogP contribution in [-0.4, -0.2) is 66.9 Å². The Bertz CT molecular complexity index is 854. The van der Waals surface area contributed by atoms with Gasteiger partial charge in [-0.2, -0.15) is 4.31 Å². The number of nitrogens with zero attached hydrogens (tertiary/aromatic N) is 2. The molecule has 9 heteroatoms. The topological polar surface area (TPSA) is 104 Å². The molecule has 1 atom stereocenters. The number of sulfonamides is 1. The fourth-order valence-electron chi connectivity index (χ4n) is 2.74. The van der Waals surface area contributed by atoms with Crippen LogP contribution in [0.5, 0.6) is 5.75 Å². The molecule has 0 radical (unpaired) electrons. The molecular formula is C18H22N2O6S. The summed E-state index contributed by atoms with van der Waals surface area (Å²) in [6.45, 7) is 3.47. The van der Waals surface area contributed by atoms with E-state index in [0.717, 1.165) is 4.31 Å². The van der Waals surface area contributed by atoms with Gasteiger partial charge >= 0.3 is 5.97 Å². The second-order valence-corrected chi connectivity index (χ2v) is 7.74. The van der Waals surface area contributed by atoms with Crippen LogP contribution in [0.3, 0.4) is 0 Å². The summed E-state index contributed by atoms with van der Waals surface area (Å²) >= 11 is 0. The second-order valence-electron chi connectivity index (χ2n) is 5.85. The zero-order chi connectivity index (χ0) is 20.0. The van der Waals surface area contributed by atoms with Crippen LogP contribution in [0.2, 0.25) is 0 Å². The van der Waals surface area contributed by atoms with Crippen molar-refractivity contribution in [3.05, 3.63) is 24.3 Å². The Morgan fingerprint density at radius 2 is 1.93 bits per heavy atom. The first-order valence-corrected chi connectivity index (χ1v) is 9.90. The molecule has 0 spiro atoms. The molecule has 146 valence electrons. The standard InChI is InChI=1S/C18H22N2O6S/c1-3-5-12-26-14-6-8-15(9-7-14)27(24,25)20-11-10-19(17(21)4-2)13-16(20)18(22)23/h6-9,16H,4,10-13H2,1-2H3,(H,22,23). The lowest BCUT2D eigenvalue weighted by molar-refractivity contribution is -0.145. The summed E-state index contributed by atoms with van der Waals surface area (Å²) in [6, 6.07) is 4.40. The summed E-state index contributed by atoms with van der Waals surface area (Å²) in [7, 11) is -4.02. The lowest BCUT2D eigenvalue weighted by Gasteiger charge is -2.38. The van der Waals surface area contributed by atoms with E-state index < -0.39 is 22.0 Å². The average Bonchev–Trinajstić information content (AvgIpc) is 2.67. The van der Waals surface area contributed by atoms with E-state index in [1.165, 1.54) is 29.2 Å². The number of carbonyl (C=O) groups is 2. The minimum atomic E-state index is -4.02. The Morgan fingerprint density at radius 3 is 2.48 bits per heavy atom. The molecule has 1 fully saturated rings. The van der Waals surface area contributed by atoms with Gasteiger partial charge in [0.2, 0.25) is 15.9 Å². The number of piperazine rings is 1. The Morgan fingerprint density at radius 1 is 1.26 bits per heavy atom. The maximum Gasteiger partial charge on any atom is 0.323 e. The second kappa shape index (κ2) is 8.88. The van der Waals surface area contributed by atoms with Crippen molar-refractivity contribution < 1.29 is 27.9 Å². The molecule has 0 aromatic heterocycles. The molecular weight excluding hydrogens is 372 g/mol. The maximum atomic E-state index is 12.9. The van der Waals surface area contributed by atoms with Crippen molar-refractivity contribution >= 4 is 21.9 Å². The molecule has 0 saturated carbocycles. The number of benzene rings is 1. The van der Waals surface area contributed by atoms with Gasteiger partial charge in [0.25, 0.3) is 0 Å². The first-order chi connectivity index (χ1) is 12.8. The predicted molar refractivity (Wildman–Crippen MR) is 97.6 cm³/mol. The van der Waals surface area contributed by atoms with E-state index in [1.807, 2.05) is 0 Å². The monoisotopic (exact) mass is 394 g/mol. The van der Waals surface area contributed by atoms with Crippen molar-refractivity contribution in [2.45, 2.75) is 31.2 Å². The molecule has 1 saturated heterocycles. The van der Waals surface area contributed by atoms with Gasteiger partial charge in [-0.1, -0.05) is 12.8 Å². The van der Waals surface area contributed by atoms with Crippen LogP contribution in [-0.2, 0) is 19.6 Å². The number of amides is 1. The van der Waals surface area contributed by atoms with Crippen molar-refractivity contribution in [2.24, 2.45) is 0 Å². The third-order valence-corrected chi connectivity index (χ3v) is 6.11. The number of carboxylic acid groups (broad SMARTS) is 1. The Labute approximate surface area is 158 Å². The van der Waals surface area contributed by atoms with Gasteiger partial charge in [-0.3, -0.25) is 9.59 Å². The third-order valence-electron chi connectivity index (χ3n) is 4.19. The van der Waals surface area contributed by atoms with Gasteiger partial charge in [-0.25, -0.2) is 8.42 Å². The summed E-state index contributed by atoms with van der Waals surface area (Å²) in [5, 5.41) is 9.48. The molecule has 1 heterocycles. The van der Waals surface area contributed by atoms with Crippen molar-refractivity contribution in [3.63, 3.8) is 0 Å². The highest BCUT2D eigenvalue weighted by Gasteiger charge is 2.41. The number of hydrogen-bond acceptors (Lipinski definition) is 5. The van der Waals surface area contributed by atoms with Crippen LogP contribution in [0.4, 0.5) is 0 Å². The van der Waals surface area contributed by atoms with Crippen molar-refractivity contribution in [1.29, 1.82) is 0 Å². The molecule has 1 aromatic carbocycles. The Hall–Kier alpha value is -2.57. The smallest absolute Gasteiger partial charge is 0.323 e. The fraction of sp³-hybridized carbons (Fsp3) is 0.444. The maximum absolute atomic E-state index is 12.9. The molecule has 1 N–H and O–H groups in total. The number of carboxylic acids is 1. The summed E-state index contributed by atoms with van der Waals surface area (Å²) in [6.07, 6.45) is 0.239. The van der Waals surface area contributed by atoms with E-state index in [0.29, 0.717) is 5.75 Å². The van der Waals surface area contributed by atoms with Crippen molar-refractivity contribution in [2.75, 3.05) is 26.2 Å². The largest absolute Gasteiger partial charge is 0.481 e. The number of aliphatic carboxylic acids is 1. The molecule has 8 nitrogen and oxygen atoms in total. The molecule has 1 aromatic rings. The van der Waals surface area contributed by atoms with Crippen LogP contribution in [0, 0.1) is 11.8 Å². The Kier molecular flexibility index (Phi) is 6.82. The normalized spacial score (nSPS) is 17.7. The van der Waals surface area contributed by atoms with Gasteiger partial charge in [-0.05, 0) is 31.2 Å². The molecule has 0 bridgehead atoms. The van der Waals surface area contributed by atoms with Crippen LogP contribution in [0.1, 0.15) is 20.3 Å². The van der Waals surface area contributed by atoms with Crippen molar-refractivity contribution in [1.82, 2.24) is 9.21 Å². The molecule has 1 aliphatic rings. The number of rotatable bonds is 6. The van der Waals surface area contributed by atoms with E-state index in [2.05, 4.69) is 11.8 Å². The lowest BCUT2D eigenvalue weighted by Crippen LogP contribution is -2.59. The summed E-state index contributed by atoms with van der Waals surface area (Å²) < 4.78 is 32.1. The highest BCUT2D eigenvalue weighted by atomic mass is 32.2. The van der Waals surface area contributed by atoms with Gasteiger partial charge in [0.1, 0.15) is 18.4 Å². The first kappa shape index (κ1) is 20.7. The molecule has 1 unspecified atom stereocenters. The highest BCUT2D eigenvalue weighted by molar-refractivity contribution is 7.89. The van der Waals surface area contributed by atoms with E-state index in [1.54, 1.807) is 13.8 Å². The first-order valence-electron chi connectivity index (χ1n) is 8.46. The van der Waals surface area contributed by atoms with Crippen LogP contribution in [0.25, 0.3) is 0 Å². The molecule has 2 rings (SSSR count). The van der Waals surface area contributed by atoms with E-state index >= 15 is 0 Å². The van der Waals surface area contributed by atoms with E-state index in [9.17, 15) is 23.1 Å². The zero-order valence-corrected chi connectivity index (χ0v) is 16.0. The zero-order valence-electron chi connectivity index (χ0n) is 15.2. The summed E-state index contributed by atoms with van der Waals surface area (Å²) in [4.78, 5) is 24.8. The number of hydrogen-bond donors (Lipinski definition) is 1. The SMILES string of the molecule is CC#CCOc1ccc(S(=O)(=O)N2CCN(C(=O)CC)CC2C(=O)O)cc1. The Balaban J connectivity index is 2.22. The van der Waals surface area contributed by atoms with Crippen LogP contribution in [0.15, 0.2) is 29.2 Å².